The molecule has 0 spiro atoms. The van der Waals surface area contributed by atoms with Gasteiger partial charge in [-0.1, -0.05) is 20.8 Å². The lowest BCUT2D eigenvalue weighted by atomic mass is 9.63. The van der Waals surface area contributed by atoms with Crippen molar-refractivity contribution < 1.29 is 14.6 Å². The van der Waals surface area contributed by atoms with Crippen LogP contribution >= 0.6 is 11.8 Å². The highest BCUT2D eigenvalue weighted by Gasteiger charge is 2.69. The molecule has 2 saturated heterocycles. The topological polar surface area (TPSA) is 38.8 Å². The van der Waals surface area contributed by atoms with Crippen LogP contribution in [0, 0.1) is 10.8 Å². The van der Waals surface area contributed by atoms with Crippen LogP contribution in [0.4, 0.5) is 0 Å². The van der Waals surface area contributed by atoms with E-state index in [1.807, 2.05) is 16.7 Å². The molecule has 0 N–H and O–H groups in total. The van der Waals surface area contributed by atoms with Crippen molar-refractivity contribution in [2.24, 2.45) is 10.8 Å². The molecular weight excluding hydrogens is 262 g/mol. The van der Waals surface area contributed by atoms with Crippen LogP contribution in [0.1, 0.15) is 33.6 Å². The zero-order chi connectivity index (χ0) is 13.7. The summed E-state index contributed by atoms with van der Waals surface area (Å²) in [6.45, 7) is 8.81. The maximum atomic E-state index is 13.0. The van der Waals surface area contributed by atoms with Gasteiger partial charge in [-0.15, -0.1) is 0 Å². The van der Waals surface area contributed by atoms with Gasteiger partial charge in [-0.2, -0.15) is 11.8 Å². The first kappa shape index (κ1) is 13.7. The highest BCUT2D eigenvalue weighted by molar-refractivity contribution is 7.99. The van der Waals surface area contributed by atoms with Crippen molar-refractivity contribution >= 4 is 17.7 Å². The van der Waals surface area contributed by atoms with Gasteiger partial charge in [-0.3, -0.25) is 4.79 Å². The quantitative estimate of drug-likeness (QED) is 0.692. The highest BCUT2D eigenvalue weighted by Crippen LogP contribution is 2.62. The predicted molar refractivity (Wildman–Crippen MR) is 74.8 cm³/mol. The standard InChI is InChI=1S/C14H23NO3S/c1-12(2)13(3)4-5-14(12,18-17-10-13)11(16)15-6-8-19-9-7-15/h4-10H2,1-3H3. The minimum Gasteiger partial charge on any atom is -0.338 e. The Morgan fingerprint density at radius 1 is 1.16 bits per heavy atom. The monoisotopic (exact) mass is 285 g/mol. The van der Waals surface area contributed by atoms with Crippen LogP contribution in [-0.4, -0.2) is 47.6 Å². The van der Waals surface area contributed by atoms with Crippen LogP contribution in [0.3, 0.4) is 0 Å². The molecule has 3 aliphatic rings. The predicted octanol–water partition coefficient (Wildman–Crippen LogP) is 2.09. The van der Waals surface area contributed by atoms with E-state index >= 15 is 0 Å². The maximum absolute atomic E-state index is 13.0. The number of amides is 1. The molecule has 2 aliphatic heterocycles. The summed E-state index contributed by atoms with van der Waals surface area (Å²) in [5.74, 6) is 2.20. The van der Waals surface area contributed by atoms with Gasteiger partial charge < -0.3 is 4.90 Å². The molecule has 5 heteroatoms. The lowest BCUT2D eigenvalue weighted by Gasteiger charge is -2.51. The molecule has 2 heterocycles. The fourth-order valence-corrected chi connectivity index (χ4v) is 4.56. The molecule has 3 fully saturated rings. The number of fused-ring (bicyclic) bond motifs is 2. The second-order valence-corrected chi connectivity index (χ2v) is 7.99. The van der Waals surface area contributed by atoms with Gasteiger partial charge in [0.1, 0.15) is 0 Å². The van der Waals surface area contributed by atoms with Crippen LogP contribution in [0.15, 0.2) is 0 Å². The van der Waals surface area contributed by atoms with E-state index in [1.54, 1.807) is 0 Å². The van der Waals surface area contributed by atoms with Gasteiger partial charge in [-0.25, -0.2) is 9.78 Å². The minimum atomic E-state index is -0.776. The van der Waals surface area contributed by atoms with E-state index in [0.717, 1.165) is 37.4 Å². The SMILES string of the molecule is CC12CCC(C(=O)N3CCSCC3)(OOC1)C2(C)C. The fourth-order valence-electron chi connectivity index (χ4n) is 3.65. The van der Waals surface area contributed by atoms with Crippen LogP contribution in [0.5, 0.6) is 0 Å². The highest BCUT2D eigenvalue weighted by atomic mass is 32.2. The molecular formula is C14H23NO3S. The molecule has 0 aromatic carbocycles. The van der Waals surface area contributed by atoms with Crippen molar-refractivity contribution in [3.63, 3.8) is 0 Å². The molecule has 0 aromatic heterocycles. The van der Waals surface area contributed by atoms with Gasteiger partial charge in [0.15, 0.2) is 5.60 Å². The Labute approximate surface area is 119 Å². The van der Waals surface area contributed by atoms with E-state index in [9.17, 15) is 4.79 Å². The number of hydrogen-bond acceptors (Lipinski definition) is 4. The smallest absolute Gasteiger partial charge is 0.258 e. The number of thioether (sulfide) groups is 1. The molecule has 108 valence electrons. The fraction of sp³-hybridized carbons (Fsp3) is 0.929. The Bertz CT molecular complexity index is 394. The Morgan fingerprint density at radius 2 is 1.84 bits per heavy atom. The van der Waals surface area contributed by atoms with E-state index in [4.69, 9.17) is 9.78 Å². The van der Waals surface area contributed by atoms with Crippen LogP contribution < -0.4 is 0 Å². The Kier molecular flexibility index (Phi) is 3.15. The third-order valence-electron chi connectivity index (χ3n) is 5.77. The van der Waals surface area contributed by atoms with E-state index in [0.29, 0.717) is 6.61 Å². The van der Waals surface area contributed by atoms with Crippen LogP contribution in [-0.2, 0) is 14.6 Å². The molecule has 1 aliphatic carbocycles. The van der Waals surface area contributed by atoms with Crippen molar-refractivity contribution in [2.75, 3.05) is 31.2 Å². The van der Waals surface area contributed by atoms with Crippen molar-refractivity contribution in [3.8, 4) is 0 Å². The maximum Gasteiger partial charge on any atom is 0.258 e. The largest absolute Gasteiger partial charge is 0.338 e. The normalized spacial score (nSPS) is 41.3. The summed E-state index contributed by atoms with van der Waals surface area (Å²) in [5, 5.41) is 0. The number of hydrogen-bond donors (Lipinski definition) is 0. The van der Waals surface area contributed by atoms with Crippen LogP contribution in [0.25, 0.3) is 0 Å². The van der Waals surface area contributed by atoms with Crippen molar-refractivity contribution in [1.29, 1.82) is 0 Å². The summed E-state index contributed by atoms with van der Waals surface area (Å²) >= 11 is 1.91. The van der Waals surface area contributed by atoms with E-state index in [1.165, 1.54) is 0 Å². The molecule has 19 heavy (non-hydrogen) atoms. The third kappa shape index (κ3) is 1.71. The number of carbonyl (C=O) groups excluding carboxylic acids is 1. The molecule has 0 aromatic rings. The average Bonchev–Trinajstić information content (AvgIpc) is 2.56. The van der Waals surface area contributed by atoms with Gasteiger partial charge >= 0.3 is 0 Å². The van der Waals surface area contributed by atoms with E-state index in [2.05, 4.69) is 20.8 Å². The summed E-state index contributed by atoms with van der Waals surface area (Å²) < 4.78 is 0. The molecule has 2 atom stereocenters. The van der Waals surface area contributed by atoms with Crippen molar-refractivity contribution in [1.82, 2.24) is 4.90 Å². The summed E-state index contributed by atoms with van der Waals surface area (Å²) in [6.07, 6.45) is 1.77. The van der Waals surface area contributed by atoms with Crippen LogP contribution in [0.2, 0.25) is 0 Å². The Hall–Kier alpha value is -0.260. The number of carbonyl (C=O) groups is 1. The summed E-state index contributed by atoms with van der Waals surface area (Å²) in [4.78, 5) is 26.0. The Balaban J connectivity index is 1.91. The van der Waals surface area contributed by atoms with Gasteiger partial charge in [0, 0.05) is 35.4 Å². The Morgan fingerprint density at radius 3 is 2.53 bits per heavy atom. The zero-order valence-electron chi connectivity index (χ0n) is 12.0. The molecule has 2 bridgehead atoms. The first-order valence-electron chi connectivity index (χ1n) is 7.11. The minimum absolute atomic E-state index is 0.0332. The summed E-state index contributed by atoms with van der Waals surface area (Å²) in [7, 11) is 0. The molecule has 4 nitrogen and oxygen atoms in total. The van der Waals surface area contributed by atoms with Gasteiger partial charge in [0.05, 0.1) is 6.61 Å². The summed E-state index contributed by atoms with van der Waals surface area (Å²) in [5.41, 5.74) is -0.923. The lowest BCUT2D eigenvalue weighted by molar-refractivity contribution is -0.412. The third-order valence-corrected chi connectivity index (χ3v) is 6.71. The number of nitrogens with zero attached hydrogens (tertiary/aromatic N) is 1. The zero-order valence-corrected chi connectivity index (χ0v) is 12.8. The van der Waals surface area contributed by atoms with E-state index < -0.39 is 5.60 Å². The van der Waals surface area contributed by atoms with E-state index in [-0.39, 0.29) is 16.7 Å². The van der Waals surface area contributed by atoms with Crippen molar-refractivity contribution in [3.05, 3.63) is 0 Å². The lowest BCUT2D eigenvalue weighted by Crippen LogP contribution is -2.63. The van der Waals surface area contributed by atoms with Gasteiger partial charge in [0.2, 0.25) is 0 Å². The molecule has 3 rings (SSSR count). The van der Waals surface area contributed by atoms with Gasteiger partial charge in [-0.05, 0) is 12.8 Å². The molecule has 2 unspecified atom stereocenters. The molecule has 1 amide bonds. The van der Waals surface area contributed by atoms with Crippen molar-refractivity contribution in [2.45, 2.75) is 39.2 Å². The average molecular weight is 285 g/mol. The van der Waals surface area contributed by atoms with Gasteiger partial charge in [0.25, 0.3) is 5.91 Å². The molecule has 0 radical (unpaired) electrons. The first-order chi connectivity index (χ1) is 8.93. The molecule has 1 saturated carbocycles. The first-order valence-corrected chi connectivity index (χ1v) is 8.26. The number of rotatable bonds is 1. The summed E-state index contributed by atoms with van der Waals surface area (Å²) in [6, 6.07) is 0. The second-order valence-electron chi connectivity index (χ2n) is 6.76. The second kappa shape index (κ2) is 4.37.